The molecule has 1 aromatic rings. The lowest BCUT2D eigenvalue weighted by Gasteiger charge is -2.28. The number of amides is 2. The van der Waals surface area contributed by atoms with Crippen LogP contribution in [-0.2, 0) is 14.3 Å². The summed E-state index contributed by atoms with van der Waals surface area (Å²) in [5.41, 5.74) is 1.36. The second-order valence-corrected chi connectivity index (χ2v) is 12.1. The molecule has 0 radical (unpaired) electrons. The third kappa shape index (κ3) is 5.37. The number of hydrogen-bond donors (Lipinski definition) is 1. The predicted molar refractivity (Wildman–Crippen MR) is 141 cm³/mol. The van der Waals surface area contributed by atoms with Crippen LogP contribution in [0.5, 0.6) is 0 Å². The summed E-state index contributed by atoms with van der Waals surface area (Å²) < 4.78 is 33.5. The summed E-state index contributed by atoms with van der Waals surface area (Å²) in [5.74, 6) is -0.337. The standard InChI is InChI=1S/C27H34F2N4O4S/c1-14(2)8-19(27(36)33-11-18(29)24-23(33)22(34)12-37-24)30-25(35)16-6-4-15(5-7-16)20-13-38-26(31-20)21-9-17(28)10-32(21)3/h4-7,14,17-21,23-24H,8-13H2,1-3H3,(H,30,35)/t17?,18-,19-,20?,21?,23+,24+/m0/s1. The van der Waals surface area contributed by atoms with Gasteiger partial charge in [0.25, 0.3) is 5.91 Å². The van der Waals surface area contributed by atoms with Crippen LogP contribution >= 0.6 is 11.8 Å². The maximum Gasteiger partial charge on any atom is 0.251 e. The number of nitrogens with one attached hydrogen (secondary N) is 1. The normalized spacial score (nSPS) is 32.1. The molecule has 1 aromatic carbocycles. The monoisotopic (exact) mass is 548 g/mol. The first kappa shape index (κ1) is 27.2. The first-order valence-electron chi connectivity index (χ1n) is 13.2. The van der Waals surface area contributed by atoms with E-state index in [1.165, 1.54) is 4.90 Å². The Morgan fingerprint density at radius 2 is 1.95 bits per heavy atom. The molecule has 3 fully saturated rings. The maximum absolute atomic E-state index is 14.4. The van der Waals surface area contributed by atoms with E-state index in [2.05, 4.69) is 5.32 Å². The number of benzene rings is 1. The Morgan fingerprint density at radius 3 is 2.61 bits per heavy atom. The summed E-state index contributed by atoms with van der Waals surface area (Å²) in [7, 11) is 1.92. The van der Waals surface area contributed by atoms with E-state index in [0.29, 0.717) is 24.9 Å². The van der Waals surface area contributed by atoms with Gasteiger partial charge in [-0.25, -0.2) is 8.78 Å². The highest BCUT2D eigenvalue weighted by Crippen LogP contribution is 2.35. The highest BCUT2D eigenvalue weighted by molar-refractivity contribution is 8.14. The molecule has 0 saturated carbocycles. The van der Waals surface area contributed by atoms with Gasteiger partial charge in [-0.1, -0.05) is 26.0 Å². The summed E-state index contributed by atoms with van der Waals surface area (Å²) in [5, 5.41) is 3.77. The quantitative estimate of drug-likeness (QED) is 0.564. The van der Waals surface area contributed by atoms with Gasteiger partial charge in [0.2, 0.25) is 5.91 Å². The fraction of sp³-hybridized carbons (Fsp3) is 0.630. The fourth-order valence-corrected chi connectivity index (χ4v) is 7.05. The van der Waals surface area contributed by atoms with Crippen LogP contribution in [0.25, 0.3) is 0 Å². The van der Waals surface area contributed by atoms with Gasteiger partial charge < -0.3 is 15.0 Å². The van der Waals surface area contributed by atoms with Crippen LogP contribution in [0, 0.1) is 5.92 Å². The molecule has 7 atom stereocenters. The molecule has 5 rings (SSSR count). The number of Topliss-reactive ketones (excluding diaryl/α,β-unsaturated/α-hetero) is 1. The van der Waals surface area contributed by atoms with E-state index in [0.717, 1.165) is 16.4 Å². The minimum absolute atomic E-state index is 0.0186. The highest BCUT2D eigenvalue weighted by Gasteiger charge is 2.53. The molecule has 3 saturated heterocycles. The van der Waals surface area contributed by atoms with E-state index in [4.69, 9.17) is 9.73 Å². The van der Waals surface area contributed by atoms with Crippen LogP contribution in [0.1, 0.15) is 48.7 Å². The number of carbonyl (C=O) groups is 3. The van der Waals surface area contributed by atoms with Crippen molar-refractivity contribution >= 4 is 34.4 Å². The summed E-state index contributed by atoms with van der Waals surface area (Å²) in [4.78, 5) is 46.9. The molecule has 2 amide bonds. The van der Waals surface area contributed by atoms with Gasteiger partial charge in [-0.2, -0.15) is 0 Å². The summed E-state index contributed by atoms with van der Waals surface area (Å²) in [6, 6.07) is 5.27. The van der Waals surface area contributed by atoms with Gasteiger partial charge >= 0.3 is 0 Å². The van der Waals surface area contributed by atoms with Crippen LogP contribution in [0.3, 0.4) is 0 Å². The van der Waals surface area contributed by atoms with Gasteiger partial charge in [-0.3, -0.25) is 24.3 Å². The Labute approximate surface area is 225 Å². The van der Waals surface area contributed by atoms with Crippen LogP contribution in [0.2, 0.25) is 0 Å². The fourth-order valence-electron chi connectivity index (χ4n) is 5.79. The molecule has 0 aliphatic carbocycles. The molecule has 4 aliphatic heterocycles. The molecule has 0 aromatic heterocycles. The molecule has 4 aliphatic rings. The summed E-state index contributed by atoms with van der Waals surface area (Å²) >= 11 is 1.66. The van der Waals surface area contributed by atoms with E-state index >= 15 is 0 Å². The van der Waals surface area contributed by atoms with Gasteiger partial charge in [0.1, 0.15) is 37.1 Å². The molecule has 11 heteroatoms. The number of ketones is 1. The van der Waals surface area contributed by atoms with E-state index in [1.807, 2.05) is 37.9 Å². The third-order valence-electron chi connectivity index (χ3n) is 7.73. The van der Waals surface area contributed by atoms with Crippen molar-refractivity contribution < 1.29 is 27.9 Å². The minimum atomic E-state index is -1.43. The van der Waals surface area contributed by atoms with Gasteiger partial charge in [-0.05, 0) is 37.1 Å². The van der Waals surface area contributed by atoms with Crippen molar-refractivity contribution in [3.63, 3.8) is 0 Å². The van der Waals surface area contributed by atoms with Crippen molar-refractivity contribution in [2.24, 2.45) is 10.9 Å². The van der Waals surface area contributed by atoms with Gasteiger partial charge in [-0.15, -0.1) is 11.8 Å². The SMILES string of the molecule is CC(C)C[C@H](NC(=O)c1ccc(C2CSC(C3CC(F)CN3C)=N2)cc1)C(=O)N1C[C@H](F)[C@H]2OCC(=O)[C@H]21. The lowest BCUT2D eigenvalue weighted by Crippen LogP contribution is -2.52. The summed E-state index contributed by atoms with van der Waals surface area (Å²) in [6.07, 6.45) is -2.36. The van der Waals surface area contributed by atoms with Crippen LogP contribution < -0.4 is 5.32 Å². The number of fused-ring (bicyclic) bond motifs is 1. The van der Waals surface area contributed by atoms with Crippen molar-refractivity contribution in [1.29, 1.82) is 0 Å². The molecule has 0 bridgehead atoms. The molecule has 8 nitrogen and oxygen atoms in total. The molecular formula is C27H34F2N4O4S. The van der Waals surface area contributed by atoms with E-state index in [9.17, 15) is 23.2 Å². The Kier molecular flexibility index (Phi) is 7.89. The van der Waals surface area contributed by atoms with Crippen molar-refractivity contribution in [3.8, 4) is 0 Å². The average molecular weight is 549 g/mol. The molecule has 0 spiro atoms. The smallest absolute Gasteiger partial charge is 0.251 e. The maximum atomic E-state index is 14.4. The van der Waals surface area contributed by atoms with Crippen LogP contribution in [0.4, 0.5) is 8.78 Å². The number of hydrogen-bond acceptors (Lipinski definition) is 7. The first-order chi connectivity index (χ1) is 18.1. The van der Waals surface area contributed by atoms with Crippen LogP contribution in [0.15, 0.2) is 29.3 Å². The molecular weight excluding hydrogens is 514 g/mol. The number of carbonyl (C=O) groups excluding carboxylic acids is 3. The van der Waals surface area contributed by atoms with E-state index in [-0.39, 0.29) is 36.9 Å². The lowest BCUT2D eigenvalue weighted by molar-refractivity contribution is -0.138. The number of halogens is 2. The lowest BCUT2D eigenvalue weighted by atomic mass is 10.0. The number of aliphatic imine (C=N–C) groups is 1. The molecule has 206 valence electrons. The molecule has 38 heavy (non-hydrogen) atoms. The van der Waals surface area contributed by atoms with Crippen LogP contribution in [-0.4, -0.2) is 102 Å². The first-order valence-corrected chi connectivity index (χ1v) is 14.2. The minimum Gasteiger partial charge on any atom is -0.365 e. The zero-order chi connectivity index (χ0) is 27.1. The zero-order valence-electron chi connectivity index (χ0n) is 21.8. The summed E-state index contributed by atoms with van der Waals surface area (Å²) in [6.45, 7) is 3.87. The molecule has 1 N–H and O–H groups in total. The Balaban J connectivity index is 1.25. The number of nitrogens with zero attached hydrogens (tertiary/aromatic N) is 3. The number of likely N-dealkylation sites (tertiary alicyclic amines) is 2. The third-order valence-corrected chi connectivity index (χ3v) is 8.88. The van der Waals surface area contributed by atoms with Gasteiger partial charge in [0.05, 0.1) is 23.7 Å². The van der Waals surface area contributed by atoms with E-state index < -0.39 is 42.3 Å². The number of ether oxygens (including phenoxy) is 1. The number of rotatable bonds is 7. The number of thioether (sulfide) groups is 1. The van der Waals surface area contributed by atoms with E-state index in [1.54, 1.807) is 23.9 Å². The van der Waals surface area contributed by atoms with Crippen molar-refractivity contribution in [2.45, 2.75) is 69.3 Å². The topological polar surface area (TPSA) is 91.3 Å². The van der Waals surface area contributed by atoms with Gasteiger partial charge in [0.15, 0.2) is 5.78 Å². The Hall–Kier alpha value is -2.37. The van der Waals surface area contributed by atoms with Crippen molar-refractivity contribution in [2.75, 3.05) is 32.5 Å². The van der Waals surface area contributed by atoms with Crippen molar-refractivity contribution in [1.82, 2.24) is 15.1 Å². The largest absolute Gasteiger partial charge is 0.365 e. The Bertz CT molecular complexity index is 1120. The molecule has 4 heterocycles. The zero-order valence-corrected chi connectivity index (χ0v) is 22.6. The average Bonchev–Trinajstić information content (AvgIpc) is 3.64. The second-order valence-electron chi connectivity index (χ2n) is 11.1. The molecule has 3 unspecified atom stereocenters. The van der Waals surface area contributed by atoms with Crippen molar-refractivity contribution in [3.05, 3.63) is 35.4 Å². The Morgan fingerprint density at radius 1 is 1.21 bits per heavy atom. The highest BCUT2D eigenvalue weighted by atomic mass is 32.2. The second kappa shape index (κ2) is 11.0. The number of alkyl halides is 2. The van der Waals surface area contributed by atoms with Gasteiger partial charge in [0, 0.05) is 24.3 Å². The predicted octanol–water partition coefficient (Wildman–Crippen LogP) is 2.58.